The van der Waals surface area contributed by atoms with Gasteiger partial charge in [0.25, 0.3) is 0 Å². The van der Waals surface area contributed by atoms with Gasteiger partial charge in [-0.3, -0.25) is 19.2 Å². The van der Waals surface area contributed by atoms with E-state index >= 15 is 0 Å². The highest BCUT2D eigenvalue weighted by Gasteiger charge is 2.46. The molecule has 0 aliphatic carbocycles. The van der Waals surface area contributed by atoms with Gasteiger partial charge in [-0.15, -0.1) is 0 Å². The van der Waals surface area contributed by atoms with E-state index in [1.54, 1.807) is 12.1 Å². The van der Waals surface area contributed by atoms with E-state index < -0.39 is 37.5 Å². The minimum absolute atomic E-state index is 0.0372. The lowest BCUT2D eigenvalue weighted by Gasteiger charge is -2.41. The summed E-state index contributed by atoms with van der Waals surface area (Å²) in [4.78, 5) is 49.9. The highest BCUT2D eigenvalue weighted by molar-refractivity contribution is 6.51. The van der Waals surface area contributed by atoms with E-state index in [0.717, 1.165) is 5.69 Å². The van der Waals surface area contributed by atoms with E-state index in [0.29, 0.717) is 19.4 Å². The van der Waals surface area contributed by atoms with Crippen molar-refractivity contribution in [1.29, 1.82) is 0 Å². The van der Waals surface area contributed by atoms with Crippen LogP contribution in [0, 0.1) is 11.7 Å². The minimum atomic E-state index is -1.21. The molecule has 2 aliphatic rings. The molecule has 0 aromatic heterocycles. The maximum atomic E-state index is 13.1. The molecule has 0 radical (unpaired) electrons. The van der Waals surface area contributed by atoms with E-state index in [1.165, 1.54) is 12.1 Å². The molecule has 3 atom stereocenters. The molecule has 1 aromatic rings. The van der Waals surface area contributed by atoms with Crippen molar-refractivity contribution in [2.24, 2.45) is 5.92 Å². The lowest BCUT2D eigenvalue weighted by atomic mass is 9.74. The number of hydrogen-bond donors (Lipinski definition) is 2. The summed E-state index contributed by atoms with van der Waals surface area (Å²) >= 11 is 0. The standard InChI is InChI=1S/C22H28BFN2O7/c1-13(2)11-19(23-32-18(12-21(29)30)22(31)33-23)25-20(28)8-7-17(27)16-9-10-26(16)15-5-3-14(24)4-6-15/h3-6,13,16,18-19H,7-12H2,1-2H3,(H,25,28)(H,29,30)/t16-,18-,19-/m0/s1. The third-order valence-electron chi connectivity index (χ3n) is 5.70. The van der Waals surface area contributed by atoms with E-state index in [1.807, 2.05) is 18.7 Å². The molecule has 2 fully saturated rings. The quantitative estimate of drug-likeness (QED) is 0.477. The van der Waals surface area contributed by atoms with Crippen molar-refractivity contribution in [3.8, 4) is 0 Å². The van der Waals surface area contributed by atoms with Gasteiger partial charge in [-0.25, -0.2) is 4.39 Å². The normalized spacial score (nSPS) is 20.9. The fourth-order valence-electron chi connectivity index (χ4n) is 3.99. The van der Waals surface area contributed by atoms with Crippen LogP contribution in [-0.4, -0.2) is 60.5 Å². The Morgan fingerprint density at radius 3 is 2.52 bits per heavy atom. The first kappa shape index (κ1) is 24.7. The maximum absolute atomic E-state index is 13.1. The molecule has 33 heavy (non-hydrogen) atoms. The van der Waals surface area contributed by atoms with Gasteiger partial charge in [0.05, 0.1) is 18.4 Å². The number of Topliss-reactive ketones (excluding diaryl/α,β-unsaturated/α-hetero) is 1. The van der Waals surface area contributed by atoms with E-state index in [2.05, 4.69) is 5.32 Å². The number of halogens is 1. The number of benzene rings is 1. The minimum Gasteiger partial charge on any atom is -0.506 e. The van der Waals surface area contributed by atoms with Crippen LogP contribution < -0.4 is 10.2 Å². The summed E-state index contributed by atoms with van der Waals surface area (Å²) < 4.78 is 23.7. The number of hydrogen-bond acceptors (Lipinski definition) is 7. The van der Waals surface area contributed by atoms with Gasteiger partial charge in [0.1, 0.15) is 5.82 Å². The first-order chi connectivity index (χ1) is 15.6. The van der Waals surface area contributed by atoms with Crippen molar-refractivity contribution in [1.82, 2.24) is 5.32 Å². The van der Waals surface area contributed by atoms with Crippen LogP contribution >= 0.6 is 0 Å². The number of anilines is 1. The monoisotopic (exact) mass is 462 g/mol. The molecule has 0 saturated carbocycles. The molecule has 3 rings (SSSR count). The largest absolute Gasteiger partial charge is 0.552 e. The molecular weight excluding hydrogens is 434 g/mol. The second-order valence-corrected chi connectivity index (χ2v) is 8.77. The zero-order valence-corrected chi connectivity index (χ0v) is 18.7. The highest BCUT2D eigenvalue weighted by atomic mass is 19.1. The number of carboxylic acids is 1. The van der Waals surface area contributed by atoms with Gasteiger partial charge in [0.2, 0.25) is 5.91 Å². The maximum Gasteiger partial charge on any atom is 0.552 e. The van der Waals surface area contributed by atoms with E-state index in [4.69, 9.17) is 14.4 Å². The van der Waals surface area contributed by atoms with Gasteiger partial charge >= 0.3 is 19.1 Å². The predicted octanol–water partition coefficient (Wildman–Crippen LogP) is 1.73. The molecule has 178 valence electrons. The topological polar surface area (TPSA) is 122 Å². The van der Waals surface area contributed by atoms with Crippen LogP contribution in [-0.2, 0) is 28.5 Å². The van der Waals surface area contributed by atoms with Gasteiger partial charge in [0.15, 0.2) is 11.9 Å². The van der Waals surface area contributed by atoms with Crippen LogP contribution in [0.2, 0.25) is 0 Å². The number of carboxylic acid groups (broad SMARTS) is 1. The highest BCUT2D eigenvalue weighted by Crippen LogP contribution is 2.28. The summed E-state index contributed by atoms with van der Waals surface area (Å²) in [6, 6.07) is 5.59. The Balaban J connectivity index is 1.52. The van der Waals surface area contributed by atoms with E-state index in [-0.39, 0.29) is 42.3 Å². The summed E-state index contributed by atoms with van der Waals surface area (Å²) in [6.07, 6.45) is -0.617. The fourth-order valence-corrected chi connectivity index (χ4v) is 3.99. The molecule has 0 bridgehead atoms. The molecule has 2 heterocycles. The third kappa shape index (κ3) is 6.53. The first-order valence-electron chi connectivity index (χ1n) is 11.1. The van der Waals surface area contributed by atoms with Gasteiger partial charge in [-0.2, -0.15) is 0 Å². The van der Waals surface area contributed by atoms with Gasteiger partial charge in [-0.05, 0) is 43.0 Å². The average Bonchev–Trinajstić information content (AvgIpc) is 3.06. The first-order valence-corrected chi connectivity index (χ1v) is 11.1. The molecule has 9 nitrogen and oxygen atoms in total. The van der Waals surface area contributed by atoms with Crippen LogP contribution in [0.25, 0.3) is 0 Å². The van der Waals surface area contributed by atoms with Crippen molar-refractivity contribution in [3.05, 3.63) is 30.1 Å². The molecular formula is C22H28BFN2O7. The summed E-state index contributed by atoms with van der Waals surface area (Å²) in [6.45, 7) is 4.54. The lowest BCUT2D eigenvalue weighted by Crippen LogP contribution is -2.53. The Morgan fingerprint density at radius 1 is 1.24 bits per heavy atom. The Morgan fingerprint density at radius 2 is 1.94 bits per heavy atom. The Labute approximate surface area is 191 Å². The summed E-state index contributed by atoms with van der Waals surface area (Å²) in [5.74, 6) is -3.29. The van der Waals surface area contributed by atoms with Crippen molar-refractivity contribution < 1.29 is 38.0 Å². The van der Waals surface area contributed by atoms with Crippen molar-refractivity contribution in [2.75, 3.05) is 11.4 Å². The van der Waals surface area contributed by atoms with Gasteiger partial charge in [-0.1, -0.05) is 13.8 Å². The second-order valence-electron chi connectivity index (χ2n) is 8.77. The van der Waals surface area contributed by atoms with Crippen LogP contribution in [0.1, 0.15) is 46.0 Å². The van der Waals surface area contributed by atoms with Crippen molar-refractivity contribution in [2.45, 2.75) is 64.0 Å². The zero-order valence-electron chi connectivity index (χ0n) is 18.7. The van der Waals surface area contributed by atoms with Crippen LogP contribution in [0.4, 0.5) is 10.1 Å². The number of carbonyl (C=O) groups is 4. The zero-order chi connectivity index (χ0) is 24.1. The van der Waals surface area contributed by atoms with Crippen molar-refractivity contribution in [3.63, 3.8) is 0 Å². The smallest absolute Gasteiger partial charge is 0.506 e. The number of aliphatic carboxylic acids is 1. The number of ketones is 1. The second kappa shape index (κ2) is 10.8. The molecule has 1 aromatic carbocycles. The summed E-state index contributed by atoms with van der Waals surface area (Å²) in [5.41, 5.74) is 0.763. The fraction of sp³-hybridized carbons (Fsp3) is 0.545. The molecule has 0 unspecified atom stereocenters. The Kier molecular flexibility index (Phi) is 8.07. The molecule has 0 spiro atoms. The molecule has 2 saturated heterocycles. The van der Waals surface area contributed by atoms with E-state index in [9.17, 15) is 23.6 Å². The number of nitrogens with zero attached hydrogens (tertiary/aromatic N) is 1. The predicted molar refractivity (Wildman–Crippen MR) is 117 cm³/mol. The Hall–Kier alpha value is -2.95. The average molecular weight is 462 g/mol. The number of rotatable bonds is 11. The van der Waals surface area contributed by atoms with Gasteiger partial charge < -0.3 is 24.6 Å². The van der Waals surface area contributed by atoms with Crippen LogP contribution in [0.5, 0.6) is 0 Å². The summed E-state index contributed by atoms with van der Waals surface area (Å²) in [7, 11) is -1.08. The molecule has 2 aliphatic heterocycles. The van der Waals surface area contributed by atoms with Gasteiger partial charge in [0, 0.05) is 25.1 Å². The molecule has 11 heteroatoms. The molecule has 2 N–H and O–H groups in total. The number of amides is 1. The van der Waals surface area contributed by atoms with Crippen LogP contribution in [0.15, 0.2) is 24.3 Å². The summed E-state index contributed by atoms with van der Waals surface area (Å²) in [5, 5.41) is 11.7. The number of nitrogens with one attached hydrogen (secondary N) is 1. The number of carbonyl (C=O) groups excluding carboxylic acids is 3. The van der Waals surface area contributed by atoms with Crippen LogP contribution in [0.3, 0.4) is 0 Å². The molecule has 1 amide bonds. The third-order valence-corrected chi connectivity index (χ3v) is 5.70. The SMILES string of the molecule is CC(C)C[C@H](NC(=O)CCC(=O)[C@@H]1CCN1c1ccc(F)cc1)B1OC(=O)[C@H](CC(=O)O)O1. The lowest BCUT2D eigenvalue weighted by molar-refractivity contribution is -0.145. The Bertz CT molecular complexity index is 895. The van der Waals surface area contributed by atoms with Crippen molar-refractivity contribution >= 4 is 36.4 Å².